The molecule has 21 heavy (non-hydrogen) atoms. The van der Waals surface area contributed by atoms with E-state index in [0.717, 1.165) is 51.0 Å². The molecule has 0 radical (unpaired) electrons. The molecule has 1 aromatic carbocycles. The zero-order valence-electron chi connectivity index (χ0n) is 12.9. The largest absolute Gasteiger partial charge is 0.507 e. The third-order valence-electron chi connectivity index (χ3n) is 4.08. The number of aryl methyl sites for hydroxylation is 1. The average molecular weight is 317 g/mol. The van der Waals surface area contributed by atoms with E-state index in [-0.39, 0.29) is 30.0 Å². The van der Waals surface area contributed by atoms with E-state index in [1.807, 2.05) is 0 Å². The highest BCUT2D eigenvalue weighted by Crippen LogP contribution is 2.35. The van der Waals surface area contributed by atoms with Gasteiger partial charge in [-0.05, 0) is 31.0 Å². The van der Waals surface area contributed by atoms with Crippen molar-refractivity contribution in [1.29, 1.82) is 0 Å². The third-order valence-corrected chi connectivity index (χ3v) is 4.08. The van der Waals surface area contributed by atoms with Crippen molar-refractivity contribution in [3.63, 3.8) is 0 Å². The van der Waals surface area contributed by atoms with Gasteiger partial charge in [-0.25, -0.2) is 4.39 Å². The van der Waals surface area contributed by atoms with Gasteiger partial charge in [0.15, 0.2) is 0 Å². The Morgan fingerprint density at radius 2 is 2.00 bits per heavy atom. The van der Waals surface area contributed by atoms with Crippen molar-refractivity contribution < 1.29 is 9.50 Å². The van der Waals surface area contributed by atoms with Gasteiger partial charge >= 0.3 is 0 Å². The fourth-order valence-electron chi connectivity index (χ4n) is 2.94. The number of unbranched alkanes of at least 4 members (excludes halogenated alkanes) is 1. The Kier molecular flexibility index (Phi) is 7.43. The number of phenolic OH excluding ortho intramolecular Hbond substituents is 1. The molecular weight excluding hydrogens is 291 g/mol. The number of nitrogens with one attached hydrogen (secondary N) is 1. The van der Waals surface area contributed by atoms with Crippen LogP contribution < -0.4 is 5.32 Å². The molecule has 2 N–H and O–H groups in total. The second kappa shape index (κ2) is 8.57. The summed E-state index contributed by atoms with van der Waals surface area (Å²) < 4.78 is 13.7. The second-order valence-corrected chi connectivity index (χ2v) is 5.60. The Morgan fingerprint density at radius 1 is 1.33 bits per heavy atom. The molecule has 0 unspecified atom stereocenters. The van der Waals surface area contributed by atoms with Gasteiger partial charge < -0.3 is 10.4 Å². The van der Waals surface area contributed by atoms with E-state index in [9.17, 15) is 9.50 Å². The molecule has 120 valence electrons. The lowest BCUT2D eigenvalue weighted by molar-refractivity contribution is 0.160. The minimum absolute atomic E-state index is 0. The maximum Gasteiger partial charge on any atom is 0.124 e. The van der Waals surface area contributed by atoms with Crippen LogP contribution in [0.15, 0.2) is 12.1 Å². The smallest absolute Gasteiger partial charge is 0.124 e. The molecule has 1 saturated heterocycles. The van der Waals surface area contributed by atoms with Gasteiger partial charge in [0.05, 0.1) is 0 Å². The van der Waals surface area contributed by atoms with Crippen LogP contribution in [0.25, 0.3) is 0 Å². The number of halogens is 2. The van der Waals surface area contributed by atoms with Gasteiger partial charge in [-0.2, -0.15) is 0 Å². The number of hydrogen-bond acceptors (Lipinski definition) is 3. The fraction of sp³-hybridized carbons (Fsp3) is 0.625. The molecule has 2 rings (SSSR count). The van der Waals surface area contributed by atoms with Gasteiger partial charge in [0.2, 0.25) is 0 Å². The Labute approximate surface area is 132 Å². The van der Waals surface area contributed by atoms with E-state index >= 15 is 0 Å². The zero-order chi connectivity index (χ0) is 14.5. The normalized spacial score (nSPS) is 17.3. The molecule has 5 heteroatoms. The number of phenols is 1. The Bertz CT molecular complexity index is 450. The summed E-state index contributed by atoms with van der Waals surface area (Å²) in [6.45, 7) is 7.73. The highest BCUT2D eigenvalue weighted by atomic mass is 35.5. The molecule has 3 nitrogen and oxygen atoms in total. The van der Waals surface area contributed by atoms with Crippen molar-refractivity contribution in [3.8, 4) is 5.75 Å². The summed E-state index contributed by atoms with van der Waals surface area (Å²) in [5.41, 5.74) is 1.37. The first-order chi connectivity index (χ1) is 9.63. The van der Waals surface area contributed by atoms with Crippen molar-refractivity contribution in [1.82, 2.24) is 10.2 Å². The third kappa shape index (κ3) is 4.56. The molecule has 0 aliphatic carbocycles. The molecule has 1 heterocycles. The predicted molar refractivity (Wildman–Crippen MR) is 86.8 cm³/mol. The Hall–Kier alpha value is -0.840. The van der Waals surface area contributed by atoms with Crippen LogP contribution in [0.1, 0.15) is 43.4 Å². The molecule has 1 aromatic rings. The summed E-state index contributed by atoms with van der Waals surface area (Å²) in [6.07, 6.45) is 3.16. The Balaban J connectivity index is 0.00000220. The summed E-state index contributed by atoms with van der Waals surface area (Å²) in [6, 6.07) is 3.02. The second-order valence-electron chi connectivity index (χ2n) is 5.60. The van der Waals surface area contributed by atoms with E-state index in [2.05, 4.69) is 17.1 Å². The van der Waals surface area contributed by atoms with Crippen LogP contribution in [0.3, 0.4) is 0 Å². The van der Waals surface area contributed by atoms with Gasteiger partial charge in [-0.1, -0.05) is 19.8 Å². The number of aromatic hydroxyl groups is 1. The SMILES string of the molecule is CCCC[C@@H](c1cc(F)cc(C)c1O)N1CCNCC1.Cl. The van der Waals surface area contributed by atoms with Crippen molar-refractivity contribution in [2.45, 2.75) is 39.2 Å². The summed E-state index contributed by atoms with van der Waals surface area (Å²) >= 11 is 0. The van der Waals surface area contributed by atoms with Gasteiger partial charge in [0, 0.05) is 37.8 Å². The van der Waals surface area contributed by atoms with Crippen LogP contribution in [0.4, 0.5) is 4.39 Å². The minimum atomic E-state index is -0.257. The molecule has 1 aliphatic rings. The standard InChI is InChI=1S/C16H25FN2O.ClH/c1-3-4-5-15(19-8-6-18-7-9-19)14-11-13(17)10-12(2)16(14)20;/h10-11,15,18,20H,3-9H2,1-2H3;1H/t15-;/m0./s1. The molecule has 0 aromatic heterocycles. The van der Waals surface area contributed by atoms with Gasteiger partial charge in [0.25, 0.3) is 0 Å². The van der Waals surface area contributed by atoms with Crippen LogP contribution in [0.2, 0.25) is 0 Å². The lowest BCUT2D eigenvalue weighted by atomic mass is 9.96. The highest BCUT2D eigenvalue weighted by Gasteiger charge is 2.25. The van der Waals surface area contributed by atoms with E-state index in [1.54, 1.807) is 6.92 Å². The van der Waals surface area contributed by atoms with Crippen LogP contribution >= 0.6 is 12.4 Å². The quantitative estimate of drug-likeness (QED) is 0.874. The molecule has 1 fully saturated rings. The maximum atomic E-state index is 13.7. The first-order valence-corrected chi connectivity index (χ1v) is 7.57. The van der Waals surface area contributed by atoms with Crippen molar-refractivity contribution in [2.75, 3.05) is 26.2 Å². The van der Waals surface area contributed by atoms with Crippen molar-refractivity contribution >= 4 is 12.4 Å². The minimum Gasteiger partial charge on any atom is -0.507 e. The lowest BCUT2D eigenvalue weighted by Crippen LogP contribution is -2.45. The number of nitrogens with zero attached hydrogens (tertiary/aromatic N) is 1. The van der Waals surface area contributed by atoms with Gasteiger partial charge in [0.1, 0.15) is 11.6 Å². The van der Waals surface area contributed by atoms with E-state index in [4.69, 9.17) is 0 Å². The summed E-state index contributed by atoms with van der Waals surface area (Å²) in [7, 11) is 0. The molecular formula is C16H26ClFN2O. The fourth-order valence-corrected chi connectivity index (χ4v) is 2.94. The maximum absolute atomic E-state index is 13.7. The molecule has 0 amide bonds. The molecule has 0 spiro atoms. The lowest BCUT2D eigenvalue weighted by Gasteiger charge is -2.35. The molecule has 0 bridgehead atoms. The average Bonchev–Trinajstić information content (AvgIpc) is 2.45. The van der Waals surface area contributed by atoms with E-state index in [0.29, 0.717) is 5.56 Å². The summed E-state index contributed by atoms with van der Waals surface area (Å²) in [5.74, 6) is -0.00188. The van der Waals surface area contributed by atoms with E-state index in [1.165, 1.54) is 12.1 Å². The van der Waals surface area contributed by atoms with Crippen LogP contribution in [-0.2, 0) is 0 Å². The molecule has 0 saturated carbocycles. The number of rotatable bonds is 5. The molecule has 1 atom stereocenters. The van der Waals surface area contributed by atoms with E-state index < -0.39 is 0 Å². The number of benzene rings is 1. The topological polar surface area (TPSA) is 35.5 Å². The van der Waals surface area contributed by atoms with Crippen molar-refractivity contribution in [3.05, 3.63) is 29.1 Å². The molecule has 1 aliphatic heterocycles. The van der Waals surface area contributed by atoms with Crippen LogP contribution in [0.5, 0.6) is 5.75 Å². The van der Waals surface area contributed by atoms with Gasteiger partial charge in [-0.3, -0.25) is 4.90 Å². The Morgan fingerprint density at radius 3 is 2.62 bits per heavy atom. The summed E-state index contributed by atoms with van der Waals surface area (Å²) in [4.78, 5) is 2.36. The first-order valence-electron chi connectivity index (χ1n) is 7.57. The van der Waals surface area contributed by atoms with Crippen LogP contribution in [0, 0.1) is 12.7 Å². The predicted octanol–water partition coefficient (Wildman–Crippen LogP) is 3.40. The summed E-state index contributed by atoms with van der Waals surface area (Å²) in [5, 5.41) is 13.6. The van der Waals surface area contributed by atoms with Crippen LogP contribution in [-0.4, -0.2) is 36.2 Å². The number of hydrogen-bond donors (Lipinski definition) is 2. The monoisotopic (exact) mass is 316 g/mol. The first kappa shape index (κ1) is 18.2. The number of piperazine rings is 1. The zero-order valence-corrected chi connectivity index (χ0v) is 13.7. The van der Waals surface area contributed by atoms with Crippen molar-refractivity contribution in [2.24, 2.45) is 0 Å². The highest BCUT2D eigenvalue weighted by molar-refractivity contribution is 5.85. The van der Waals surface area contributed by atoms with Gasteiger partial charge in [-0.15, -0.1) is 12.4 Å².